The first kappa shape index (κ1) is 32.1. The number of nitrogens with one attached hydrogen (secondary N) is 3. The van der Waals surface area contributed by atoms with Gasteiger partial charge in [-0.2, -0.15) is 0 Å². The number of piperidine rings is 1. The Morgan fingerprint density at radius 1 is 1.00 bits per heavy atom. The first-order chi connectivity index (χ1) is 21.8. The zero-order valence-electron chi connectivity index (χ0n) is 26.7. The lowest BCUT2D eigenvalue weighted by Gasteiger charge is -2.34. The van der Waals surface area contributed by atoms with Gasteiger partial charge in [0.1, 0.15) is 18.4 Å². The summed E-state index contributed by atoms with van der Waals surface area (Å²) in [6.07, 6.45) is 3.70. The molecule has 3 aromatic carbocycles. The number of rotatable bonds is 12. The predicted molar refractivity (Wildman–Crippen MR) is 179 cm³/mol. The number of aromatic amines is 1. The first-order valence-corrected chi connectivity index (χ1v) is 15.7. The van der Waals surface area contributed by atoms with Crippen LogP contribution < -0.4 is 15.4 Å². The van der Waals surface area contributed by atoms with Crippen LogP contribution in [0, 0.1) is 0 Å². The van der Waals surface area contributed by atoms with Crippen molar-refractivity contribution in [3.8, 4) is 5.75 Å². The molecule has 0 radical (unpaired) electrons. The number of fused-ring (bicyclic) bond motifs is 1. The van der Waals surface area contributed by atoms with Crippen LogP contribution in [-0.2, 0) is 16.1 Å². The van der Waals surface area contributed by atoms with E-state index in [2.05, 4.69) is 44.8 Å². The summed E-state index contributed by atoms with van der Waals surface area (Å²) in [7, 11) is 5.62. The summed E-state index contributed by atoms with van der Waals surface area (Å²) in [4.78, 5) is 35.2. The molecule has 1 fully saturated rings. The predicted octanol–water partition coefficient (Wildman–Crippen LogP) is 5.95. The van der Waals surface area contributed by atoms with Crippen LogP contribution in [-0.4, -0.2) is 80.3 Å². The Bertz CT molecular complexity index is 1560. The molecule has 9 nitrogen and oxygen atoms in total. The molecule has 0 unspecified atom stereocenters. The molecule has 1 aromatic heterocycles. The third kappa shape index (κ3) is 8.04. The summed E-state index contributed by atoms with van der Waals surface area (Å²) in [5, 5.41) is 7.26. The molecule has 5 rings (SSSR count). The number of hydrogen-bond donors (Lipinski definition) is 3. The van der Waals surface area contributed by atoms with E-state index in [9.17, 15) is 9.59 Å². The molecule has 0 saturated carbocycles. The lowest BCUT2D eigenvalue weighted by molar-refractivity contribution is -0.118. The number of urea groups is 1. The minimum atomic E-state index is -0.840. The minimum Gasteiger partial charge on any atom is -0.489 e. The zero-order valence-corrected chi connectivity index (χ0v) is 26.7. The molecule has 45 heavy (non-hydrogen) atoms. The molecule has 1 saturated heterocycles. The van der Waals surface area contributed by atoms with Crippen LogP contribution in [0.25, 0.3) is 10.9 Å². The smallest absolute Gasteiger partial charge is 0.318 e. The highest BCUT2D eigenvalue weighted by Gasteiger charge is 2.33. The van der Waals surface area contributed by atoms with Crippen molar-refractivity contribution >= 4 is 28.5 Å². The number of hydrogen-bond acceptors (Lipinski definition) is 5. The number of ether oxygens (including phenoxy) is 2. The number of amides is 3. The Balaban J connectivity index is 1.38. The Morgan fingerprint density at radius 2 is 1.73 bits per heavy atom. The molecular weight excluding hydrogens is 566 g/mol. The molecule has 238 valence electrons. The summed E-state index contributed by atoms with van der Waals surface area (Å²) in [5.41, 5.74) is 4.85. The third-order valence-electron chi connectivity index (χ3n) is 8.57. The molecular formula is C36H45N5O4. The summed E-state index contributed by atoms with van der Waals surface area (Å²) in [5.74, 6) is 0.342. The number of benzene rings is 3. The second-order valence-electron chi connectivity index (χ2n) is 12.1. The Hall–Kier alpha value is -4.34. The third-order valence-corrected chi connectivity index (χ3v) is 8.57. The number of anilines is 1. The number of nitrogens with zero attached hydrogens (tertiary/aromatic N) is 2. The maximum absolute atomic E-state index is 14.2. The van der Waals surface area contributed by atoms with Crippen LogP contribution in [0.5, 0.6) is 5.75 Å². The quantitative estimate of drug-likeness (QED) is 0.172. The van der Waals surface area contributed by atoms with Gasteiger partial charge in [0, 0.05) is 49.8 Å². The van der Waals surface area contributed by atoms with Crippen LogP contribution in [0.3, 0.4) is 0 Å². The highest BCUT2D eigenvalue weighted by molar-refractivity contribution is 5.99. The molecule has 0 spiro atoms. The summed E-state index contributed by atoms with van der Waals surface area (Å²) in [6.45, 7) is 4.71. The van der Waals surface area contributed by atoms with Crippen molar-refractivity contribution in [2.24, 2.45) is 0 Å². The highest BCUT2D eigenvalue weighted by Crippen LogP contribution is 2.32. The lowest BCUT2D eigenvalue weighted by atomic mass is 9.89. The number of carbonyl (C=O) groups excluding carboxylic acids is 2. The van der Waals surface area contributed by atoms with Crippen LogP contribution in [0.15, 0.2) is 79.0 Å². The lowest BCUT2D eigenvalue weighted by Crippen LogP contribution is -2.53. The van der Waals surface area contributed by atoms with Gasteiger partial charge in [0.05, 0.1) is 12.3 Å². The molecule has 1 aliphatic rings. The Labute approximate surface area is 265 Å². The number of H-pyrrole nitrogens is 1. The molecule has 2 atom stereocenters. The average Bonchev–Trinajstić information content (AvgIpc) is 3.49. The van der Waals surface area contributed by atoms with E-state index in [1.807, 2.05) is 80.6 Å². The van der Waals surface area contributed by atoms with Gasteiger partial charge in [0.15, 0.2) is 0 Å². The fourth-order valence-electron chi connectivity index (χ4n) is 6.14. The normalized spacial score (nSPS) is 15.2. The van der Waals surface area contributed by atoms with Crippen LogP contribution in [0.1, 0.15) is 48.3 Å². The van der Waals surface area contributed by atoms with Gasteiger partial charge >= 0.3 is 6.03 Å². The van der Waals surface area contributed by atoms with Gasteiger partial charge in [-0.3, -0.25) is 4.79 Å². The monoisotopic (exact) mass is 611 g/mol. The van der Waals surface area contributed by atoms with Crippen LogP contribution in [0.4, 0.5) is 10.5 Å². The van der Waals surface area contributed by atoms with E-state index in [-0.39, 0.29) is 17.9 Å². The fraction of sp³-hybridized carbons (Fsp3) is 0.389. The summed E-state index contributed by atoms with van der Waals surface area (Å²) in [6, 6.07) is 23.2. The fourth-order valence-corrected chi connectivity index (χ4v) is 6.14. The van der Waals surface area contributed by atoms with Crippen molar-refractivity contribution in [3.05, 3.63) is 95.7 Å². The number of methoxy groups -OCH3 is 1. The second kappa shape index (κ2) is 15.1. The van der Waals surface area contributed by atoms with Gasteiger partial charge in [-0.1, -0.05) is 61.5 Å². The SMILES string of the molecule is COCCOc1ccc(CN(C)C)cc1NC(=O)[C@H](NC(=O)N1CCC(c2ccccc2)CC1)[C@H](C)c1c[nH]c2ccccc12. The van der Waals surface area contributed by atoms with Crippen molar-refractivity contribution in [1.29, 1.82) is 0 Å². The van der Waals surface area contributed by atoms with Gasteiger partial charge in [-0.25, -0.2) is 4.79 Å². The molecule has 0 aliphatic carbocycles. The maximum atomic E-state index is 14.2. The van der Waals surface area contributed by atoms with Crippen molar-refractivity contribution < 1.29 is 19.1 Å². The Morgan fingerprint density at radius 3 is 2.47 bits per heavy atom. The Kier molecular flexibility index (Phi) is 10.8. The van der Waals surface area contributed by atoms with Crippen LogP contribution >= 0.6 is 0 Å². The van der Waals surface area contributed by atoms with E-state index < -0.39 is 6.04 Å². The van der Waals surface area contributed by atoms with Gasteiger partial charge < -0.3 is 34.9 Å². The largest absolute Gasteiger partial charge is 0.489 e. The van der Waals surface area contributed by atoms with E-state index in [4.69, 9.17) is 9.47 Å². The highest BCUT2D eigenvalue weighted by atomic mass is 16.5. The molecule has 0 bridgehead atoms. The zero-order chi connectivity index (χ0) is 31.8. The molecule has 4 aromatic rings. The van der Waals surface area contributed by atoms with Crippen molar-refractivity contribution in [2.75, 3.05) is 52.8 Å². The van der Waals surface area contributed by atoms with Gasteiger partial charge in [0.2, 0.25) is 5.91 Å². The van der Waals surface area contributed by atoms with Gasteiger partial charge in [-0.05, 0) is 67.7 Å². The topological polar surface area (TPSA) is 98.9 Å². The standard InChI is InChI=1S/C36H45N5O4/c1-25(30-23-37-31-13-9-8-12-29(30)31)34(39-36(43)41-18-16-28(17-19-41)27-10-6-5-7-11-27)35(42)38-32-22-26(24-40(2)3)14-15-33(32)45-21-20-44-4/h5-15,22-23,25,28,34,37H,16-21,24H2,1-4H3,(H,38,42)(H,39,43)/t25-,34-/m1/s1. The minimum absolute atomic E-state index is 0.230. The second-order valence-corrected chi connectivity index (χ2v) is 12.1. The number of carbonyl (C=O) groups is 2. The van der Waals surface area contributed by atoms with Crippen molar-refractivity contribution in [1.82, 2.24) is 20.1 Å². The van der Waals surface area contributed by atoms with E-state index in [1.165, 1.54) is 5.56 Å². The average molecular weight is 612 g/mol. The van der Waals surface area contributed by atoms with Gasteiger partial charge in [0.25, 0.3) is 0 Å². The van der Waals surface area contributed by atoms with Gasteiger partial charge in [-0.15, -0.1) is 0 Å². The molecule has 9 heteroatoms. The molecule has 2 heterocycles. The summed E-state index contributed by atoms with van der Waals surface area (Å²) >= 11 is 0. The van der Waals surface area contributed by atoms with Crippen molar-refractivity contribution in [2.45, 2.75) is 44.2 Å². The van der Waals surface area contributed by atoms with Crippen molar-refractivity contribution in [3.63, 3.8) is 0 Å². The first-order valence-electron chi connectivity index (χ1n) is 15.7. The molecule has 3 N–H and O–H groups in total. The number of aromatic nitrogens is 1. The maximum Gasteiger partial charge on any atom is 0.318 e. The van der Waals surface area contributed by atoms with E-state index in [0.29, 0.717) is 50.2 Å². The van der Waals surface area contributed by atoms with E-state index in [1.54, 1.807) is 7.11 Å². The molecule has 3 amide bonds. The molecule has 1 aliphatic heterocycles. The van der Waals surface area contributed by atoms with E-state index in [0.717, 1.165) is 34.9 Å². The van der Waals surface area contributed by atoms with E-state index >= 15 is 0 Å². The van der Waals surface area contributed by atoms with Crippen LogP contribution in [0.2, 0.25) is 0 Å². The number of likely N-dealkylation sites (tertiary alicyclic amines) is 1. The number of para-hydroxylation sites is 1. The summed E-state index contributed by atoms with van der Waals surface area (Å²) < 4.78 is 11.1.